The van der Waals surface area contributed by atoms with E-state index in [2.05, 4.69) is 36.0 Å². The van der Waals surface area contributed by atoms with E-state index in [-0.39, 0.29) is 16.7 Å². The summed E-state index contributed by atoms with van der Waals surface area (Å²) in [6.07, 6.45) is 12.9. The summed E-state index contributed by atoms with van der Waals surface area (Å²) in [5.41, 5.74) is 8.32. The lowest BCUT2D eigenvalue weighted by Crippen LogP contribution is -2.56. The second-order valence-electron chi connectivity index (χ2n) is 10.2. The predicted molar refractivity (Wildman–Crippen MR) is 108 cm³/mol. The molecule has 4 rings (SSSR count). The van der Waals surface area contributed by atoms with Crippen molar-refractivity contribution in [3.63, 3.8) is 0 Å². The number of Topliss-reactive ketones (excluding diaryl/α,β-unsaturated/α-hetero) is 2. The molecule has 0 radical (unpaired) electrons. The van der Waals surface area contributed by atoms with Crippen LogP contribution in [-0.4, -0.2) is 18.1 Å². The van der Waals surface area contributed by atoms with Gasteiger partial charge < -0.3 is 0 Å². The van der Waals surface area contributed by atoms with Crippen LogP contribution in [-0.2, 0) is 9.59 Å². The first kappa shape index (κ1) is 19.7. The van der Waals surface area contributed by atoms with Gasteiger partial charge in [-0.15, -0.1) is 0 Å². The van der Waals surface area contributed by atoms with Crippen molar-refractivity contribution in [3.8, 4) is 0 Å². The number of azide groups is 1. The van der Waals surface area contributed by atoms with Gasteiger partial charge in [-0.1, -0.05) is 31.1 Å². The number of hydrogen-bond donors (Lipinski definition) is 0. The van der Waals surface area contributed by atoms with Gasteiger partial charge in [-0.2, -0.15) is 0 Å². The van der Waals surface area contributed by atoms with E-state index in [9.17, 15) is 9.59 Å². The molecule has 4 aliphatic rings. The molecule has 4 fully saturated rings. The maximum Gasteiger partial charge on any atom is 0.139 e. The van der Waals surface area contributed by atoms with E-state index in [1.165, 1.54) is 0 Å². The molecular weight excluding hydrogens is 350 g/mol. The molecule has 0 bridgehead atoms. The van der Waals surface area contributed by atoms with E-state index in [1.54, 1.807) is 0 Å². The third-order valence-corrected chi connectivity index (χ3v) is 9.07. The first-order chi connectivity index (χ1) is 13.4. The number of carbonyl (C=O) groups excluding carboxylic acids is 2. The van der Waals surface area contributed by atoms with Crippen LogP contribution in [0.5, 0.6) is 0 Å². The van der Waals surface area contributed by atoms with Gasteiger partial charge in [0.25, 0.3) is 0 Å². The van der Waals surface area contributed by atoms with Crippen LogP contribution in [0.15, 0.2) is 17.3 Å². The smallest absolute Gasteiger partial charge is 0.139 e. The summed E-state index contributed by atoms with van der Waals surface area (Å²) in [5.74, 6) is 3.01. The van der Waals surface area contributed by atoms with Crippen LogP contribution in [0.2, 0.25) is 0 Å². The Labute approximate surface area is 168 Å². The van der Waals surface area contributed by atoms with Gasteiger partial charge in [0.2, 0.25) is 0 Å². The molecule has 0 heterocycles. The summed E-state index contributed by atoms with van der Waals surface area (Å²) >= 11 is 0. The fourth-order valence-corrected chi connectivity index (χ4v) is 7.48. The maximum absolute atomic E-state index is 13.3. The predicted octanol–water partition coefficient (Wildman–Crippen LogP) is 5.65. The Hall–Kier alpha value is -1.61. The molecule has 0 aromatic heterocycles. The van der Waals surface area contributed by atoms with Crippen molar-refractivity contribution in [2.24, 2.45) is 45.5 Å². The van der Waals surface area contributed by atoms with E-state index in [1.807, 2.05) is 0 Å². The van der Waals surface area contributed by atoms with Crippen LogP contribution in [0.4, 0.5) is 0 Å². The Morgan fingerprint density at radius 2 is 2.00 bits per heavy atom. The molecule has 0 aromatic carbocycles. The third kappa shape index (κ3) is 3.03. The van der Waals surface area contributed by atoms with Crippen LogP contribution >= 0.6 is 0 Å². The highest BCUT2D eigenvalue weighted by Crippen LogP contribution is 2.65. The second-order valence-corrected chi connectivity index (χ2v) is 10.2. The second kappa shape index (κ2) is 7.33. The molecule has 4 aliphatic carbocycles. The van der Waals surface area contributed by atoms with E-state index in [0.29, 0.717) is 48.2 Å². The number of fused-ring (bicyclic) bond motifs is 5. The van der Waals surface area contributed by atoms with Crippen molar-refractivity contribution in [2.45, 2.75) is 71.6 Å². The molecule has 5 heteroatoms. The van der Waals surface area contributed by atoms with Gasteiger partial charge in [0.1, 0.15) is 11.6 Å². The first-order valence-electron chi connectivity index (χ1n) is 11.1. The molecule has 0 amide bonds. The van der Waals surface area contributed by atoms with Gasteiger partial charge in [0.15, 0.2) is 0 Å². The average Bonchev–Trinajstić information content (AvgIpc) is 2.98. The Morgan fingerprint density at radius 3 is 2.79 bits per heavy atom. The minimum Gasteiger partial charge on any atom is -0.299 e. The zero-order chi connectivity index (χ0) is 19.9. The highest BCUT2D eigenvalue weighted by atomic mass is 16.1. The summed E-state index contributed by atoms with van der Waals surface area (Å²) in [4.78, 5) is 28.6. The summed E-state index contributed by atoms with van der Waals surface area (Å²) in [5, 5.41) is 3.58. The van der Waals surface area contributed by atoms with Crippen LogP contribution in [0, 0.1) is 40.4 Å². The molecule has 2 unspecified atom stereocenters. The number of ketones is 2. The van der Waals surface area contributed by atoms with Gasteiger partial charge >= 0.3 is 0 Å². The summed E-state index contributed by atoms with van der Waals surface area (Å²) in [6, 6.07) is 0. The lowest BCUT2D eigenvalue weighted by atomic mass is 9.44. The standard InChI is InChI=1S/C23H33N3O2/c1-22-10-8-15(5-3-4-12-25-26-24)13-19(22)20(27)14-16-17-6-7-21(28)23(17,2)11-9-18(16)22/h3,5,15-19H,4,6-14H2,1-2H3/t15?,16-,17-,18+,19?,22+,23-/m0/s1. The highest BCUT2D eigenvalue weighted by Gasteiger charge is 2.62. The number of hydrogen-bond acceptors (Lipinski definition) is 3. The summed E-state index contributed by atoms with van der Waals surface area (Å²) in [6.45, 7) is 5.07. The fraction of sp³-hybridized carbons (Fsp3) is 0.826. The fourth-order valence-electron chi connectivity index (χ4n) is 7.48. The van der Waals surface area contributed by atoms with Crippen molar-refractivity contribution in [1.82, 2.24) is 0 Å². The SMILES string of the molecule is C[C@]12CCC(C=CCCN=[N+]=[N-])CC1C(=O)C[C@@H]1[C@H]2CC[C@]2(C)C(=O)CC[C@@H]12. The number of rotatable bonds is 4. The van der Waals surface area contributed by atoms with Crippen molar-refractivity contribution in [2.75, 3.05) is 6.54 Å². The van der Waals surface area contributed by atoms with Crippen LogP contribution < -0.4 is 0 Å². The monoisotopic (exact) mass is 383 g/mol. The van der Waals surface area contributed by atoms with E-state index >= 15 is 0 Å². The molecule has 4 saturated carbocycles. The Kier molecular flexibility index (Phi) is 5.16. The van der Waals surface area contributed by atoms with Crippen LogP contribution in [0.3, 0.4) is 0 Å². The lowest BCUT2D eigenvalue weighted by Gasteiger charge is -2.59. The Morgan fingerprint density at radius 1 is 1.18 bits per heavy atom. The van der Waals surface area contributed by atoms with Crippen molar-refractivity contribution < 1.29 is 9.59 Å². The van der Waals surface area contributed by atoms with Gasteiger partial charge in [-0.3, -0.25) is 9.59 Å². The van der Waals surface area contributed by atoms with E-state index in [4.69, 9.17) is 5.53 Å². The Balaban J connectivity index is 1.49. The highest BCUT2D eigenvalue weighted by molar-refractivity contribution is 5.88. The van der Waals surface area contributed by atoms with Crippen molar-refractivity contribution >= 4 is 11.6 Å². The normalized spacial score (nSPS) is 45.3. The van der Waals surface area contributed by atoms with Gasteiger partial charge in [-0.05, 0) is 79.6 Å². The molecule has 0 aliphatic heterocycles. The minimum atomic E-state index is -0.156. The van der Waals surface area contributed by atoms with Crippen LogP contribution in [0.25, 0.3) is 10.4 Å². The molecule has 0 N–H and O–H groups in total. The lowest BCUT2D eigenvalue weighted by molar-refractivity contribution is -0.157. The largest absolute Gasteiger partial charge is 0.299 e. The number of nitrogens with zero attached hydrogens (tertiary/aromatic N) is 3. The topological polar surface area (TPSA) is 82.9 Å². The number of allylic oxidation sites excluding steroid dienone is 1. The van der Waals surface area contributed by atoms with Gasteiger partial charge in [0.05, 0.1) is 0 Å². The molecule has 7 atom stereocenters. The molecule has 152 valence electrons. The van der Waals surface area contributed by atoms with Crippen LogP contribution in [0.1, 0.15) is 71.6 Å². The van der Waals surface area contributed by atoms with Gasteiger partial charge in [0, 0.05) is 35.6 Å². The molecule has 5 nitrogen and oxygen atoms in total. The maximum atomic E-state index is 13.3. The third-order valence-electron chi connectivity index (χ3n) is 9.07. The molecule has 0 saturated heterocycles. The summed E-state index contributed by atoms with van der Waals surface area (Å²) < 4.78 is 0. The van der Waals surface area contributed by atoms with E-state index in [0.717, 1.165) is 51.4 Å². The quantitative estimate of drug-likeness (QED) is 0.207. The average molecular weight is 384 g/mol. The number of carbonyl (C=O) groups is 2. The Bertz CT molecular complexity index is 740. The molecule has 0 aromatic rings. The summed E-state index contributed by atoms with van der Waals surface area (Å²) in [7, 11) is 0. The van der Waals surface area contributed by atoms with Crippen molar-refractivity contribution in [3.05, 3.63) is 22.6 Å². The minimum absolute atomic E-state index is 0.114. The van der Waals surface area contributed by atoms with Crippen molar-refractivity contribution in [1.29, 1.82) is 0 Å². The molecule has 0 spiro atoms. The van der Waals surface area contributed by atoms with E-state index < -0.39 is 0 Å². The zero-order valence-corrected chi connectivity index (χ0v) is 17.3. The zero-order valence-electron chi connectivity index (χ0n) is 17.3. The molecular formula is C23H33N3O2. The first-order valence-corrected chi connectivity index (χ1v) is 11.1. The molecule has 28 heavy (non-hydrogen) atoms. The van der Waals surface area contributed by atoms with Gasteiger partial charge in [-0.25, -0.2) is 0 Å².